The molecule has 0 N–H and O–H groups in total. The summed E-state index contributed by atoms with van der Waals surface area (Å²) in [7, 11) is 1.61. The van der Waals surface area contributed by atoms with Crippen LogP contribution >= 0.6 is 0 Å². The molecule has 162 valence electrons. The average Bonchev–Trinajstić information content (AvgIpc) is 3.23. The zero-order valence-electron chi connectivity index (χ0n) is 17.8. The van der Waals surface area contributed by atoms with Crippen molar-refractivity contribution in [1.29, 1.82) is 0 Å². The molecule has 1 aliphatic heterocycles. The SMILES string of the molecule is CCOC(=O)CC1CCCCN1C(=O)c1ccc2nc(-c3cccc(OC)c3)oc2c1. The summed E-state index contributed by atoms with van der Waals surface area (Å²) < 4.78 is 16.3. The molecule has 1 saturated heterocycles. The van der Waals surface area contributed by atoms with Gasteiger partial charge >= 0.3 is 5.97 Å². The third-order valence-corrected chi connectivity index (χ3v) is 5.55. The van der Waals surface area contributed by atoms with Crippen molar-refractivity contribution in [3.05, 3.63) is 48.0 Å². The zero-order chi connectivity index (χ0) is 21.8. The second-order valence-electron chi connectivity index (χ2n) is 7.59. The van der Waals surface area contributed by atoms with Gasteiger partial charge in [0.1, 0.15) is 11.3 Å². The summed E-state index contributed by atoms with van der Waals surface area (Å²) >= 11 is 0. The van der Waals surface area contributed by atoms with Gasteiger partial charge in [-0.15, -0.1) is 0 Å². The van der Waals surface area contributed by atoms with Crippen molar-refractivity contribution >= 4 is 23.0 Å². The van der Waals surface area contributed by atoms with E-state index < -0.39 is 0 Å². The van der Waals surface area contributed by atoms with Gasteiger partial charge in [0.05, 0.1) is 20.1 Å². The molecule has 1 fully saturated rings. The van der Waals surface area contributed by atoms with Gasteiger partial charge in [-0.3, -0.25) is 9.59 Å². The minimum Gasteiger partial charge on any atom is -0.497 e. The van der Waals surface area contributed by atoms with Gasteiger partial charge in [-0.25, -0.2) is 4.98 Å². The number of oxazole rings is 1. The van der Waals surface area contributed by atoms with Crippen molar-refractivity contribution in [2.24, 2.45) is 0 Å². The highest BCUT2D eigenvalue weighted by Crippen LogP contribution is 2.29. The number of piperidine rings is 1. The number of ether oxygens (including phenoxy) is 2. The van der Waals surface area contributed by atoms with Crippen LogP contribution in [0.1, 0.15) is 43.0 Å². The molecule has 7 heteroatoms. The summed E-state index contributed by atoms with van der Waals surface area (Å²) in [5, 5.41) is 0. The maximum Gasteiger partial charge on any atom is 0.307 e. The van der Waals surface area contributed by atoms with Gasteiger partial charge in [0, 0.05) is 23.7 Å². The Bertz CT molecular complexity index is 1090. The van der Waals surface area contributed by atoms with Crippen LogP contribution < -0.4 is 4.74 Å². The van der Waals surface area contributed by atoms with E-state index in [0.717, 1.165) is 24.8 Å². The topological polar surface area (TPSA) is 81.9 Å². The Morgan fingerprint density at radius 1 is 1.19 bits per heavy atom. The lowest BCUT2D eigenvalue weighted by molar-refractivity contribution is -0.144. The van der Waals surface area contributed by atoms with E-state index in [1.54, 1.807) is 37.1 Å². The Kier molecular flexibility index (Phi) is 6.21. The lowest BCUT2D eigenvalue weighted by Gasteiger charge is -2.35. The summed E-state index contributed by atoms with van der Waals surface area (Å²) in [4.78, 5) is 31.6. The van der Waals surface area contributed by atoms with E-state index in [4.69, 9.17) is 13.9 Å². The molecule has 31 heavy (non-hydrogen) atoms. The fourth-order valence-electron chi connectivity index (χ4n) is 4.00. The molecule has 0 radical (unpaired) electrons. The fourth-order valence-corrected chi connectivity index (χ4v) is 4.00. The van der Waals surface area contributed by atoms with Gasteiger partial charge in [0.15, 0.2) is 5.58 Å². The molecule has 1 atom stereocenters. The van der Waals surface area contributed by atoms with Crippen LogP contribution in [0.4, 0.5) is 0 Å². The first-order valence-corrected chi connectivity index (χ1v) is 10.6. The van der Waals surface area contributed by atoms with Crippen LogP contribution in [0, 0.1) is 0 Å². The number of nitrogens with zero attached hydrogens (tertiary/aromatic N) is 2. The molecular formula is C24H26N2O5. The number of aromatic nitrogens is 1. The number of likely N-dealkylation sites (tertiary alicyclic amines) is 1. The molecule has 0 bridgehead atoms. The molecular weight excluding hydrogens is 396 g/mol. The number of amides is 1. The molecule has 0 spiro atoms. The molecule has 0 saturated carbocycles. The van der Waals surface area contributed by atoms with Gasteiger partial charge in [-0.2, -0.15) is 0 Å². The Morgan fingerprint density at radius 2 is 2.06 bits per heavy atom. The summed E-state index contributed by atoms with van der Waals surface area (Å²) in [6.45, 7) is 2.76. The van der Waals surface area contributed by atoms with Gasteiger partial charge < -0.3 is 18.8 Å². The third-order valence-electron chi connectivity index (χ3n) is 5.55. The minimum atomic E-state index is -0.263. The Morgan fingerprint density at radius 3 is 2.87 bits per heavy atom. The summed E-state index contributed by atoms with van der Waals surface area (Å²) in [6, 6.07) is 12.6. The van der Waals surface area contributed by atoms with Crippen molar-refractivity contribution in [3.63, 3.8) is 0 Å². The fraction of sp³-hybridized carbons (Fsp3) is 0.375. The first-order valence-electron chi connectivity index (χ1n) is 10.6. The number of rotatable bonds is 6. The van der Waals surface area contributed by atoms with Crippen molar-refractivity contribution in [2.45, 2.75) is 38.6 Å². The maximum atomic E-state index is 13.2. The summed E-state index contributed by atoms with van der Waals surface area (Å²) in [5.41, 5.74) is 2.55. The number of fused-ring (bicyclic) bond motifs is 1. The zero-order valence-corrected chi connectivity index (χ0v) is 17.8. The second-order valence-corrected chi connectivity index (χ2v) is 7.59. The molecule has 1 unspecified atom stereocenters. The molecule has 1 aliphatic rings. The van der Waals surface area contributed by atoms with Gasteiger partial charge in [-0.05, 0) is 62.6 Å². The van der Waals surface area contributed by atoms with Crippen LogP contribution in [-0.2, 0) is 9.53 Å². The Balaban J connectivity index is 1.58. The average molecular weight is 422 g/mol. The highest BCUT2D eigenvalue weighted by molar-refractivity contribution is 5.97. The van der Waals surface area contributed by atoms with Crippen LogP contribution in [0.25, 0.3) is 22.6 Å². The number of methoxy groups -OCH3 is 1. The van der Waals surface area contributed by atoms with E-state index in [0.29, 0.717) is 41.5 Å². The van der Waals surface area contributed by atoms with Gasteiger partial charge in [0.25, 0.3) is 5.91 Å². The third kappa shape index (κ3) is 4.55. The van der Waals surface area contributed by atoms with E-state index in [1.165, 1.54) is 0 Å². The maximum absolute atomic E-state index is 13.2. The smallest absolute Gasteiger partial charge is 0.307 e. The number of esters is 1. The van der Waals surface area contributed by atoms with Crippen LogP contribution in [-0.4, -0.2) is 48.1 Å². The monoisotopic (exact) mass is 422 g/mol. The van der Waals surface area contributed by atoms with E-state index in [-0.39, 0.29) is 24.3 Å². The first kappa shape index (κ1) is 20.9. The predicted molar refractivity (Wildman–Crippen MR) is 116 cm³/mol. The van der Waals surface area contributed by atoms with Crippen molar-refractivity contribution < 1.29 is 23.5 Å². The van der Waals surface area contributed by atoms with Crippen LogP contribution in [0.3, 0.4) is 0 Å². The van der Waals surface area contributed by atoms with Crippen LogP contribution in [0.15, 0.2) is 46.9 Å². The molecule has 2 heterocycles. The van der Waals surface area contributed by atoms with Crippen LogP contribution in [0.5, 0.6) is 5.75 Å². The molecule has 2 aromatic carbocycles. The molecule has 7 nitrogen and oxygen atoms in total. The molecule has 3 aromatic rings. The van der Waals surface area contributed by atoms with Gasteiger partial charge in [-0.1, -0.05) is 6.07 Å². The van der Waals surface area contributed by atoms with Crippen molar-refractivity contribution in [2.75, 3.05) is 20.3 Å². The quantitative estimate of drug-likeness (QED) is 0.546. The lowest BCUT2D eigenvalue weighted by Crippen LogP contribution is -2.45. The standard InChI is InChI=1S/C24H26N2O5/c1-3-30-22(27)15-18-8-4-5-12-26(18)24(28)17-10-11-20-21(14-17)31-23(25-20)16-7-6-9-19(13-16)29-2/h6-7,9-11,13-14,18H,3-5,8,12,15H2,1-2H3. The summed E-state index contributed by atoms with van der Waals surface area (Å²) in [5.74, 6) is 0.820. The minimum absolute atomic E-state index is 0.102. The van der Waals surface area contributed by atoms with Gasteiger partial charge in [0.2, 0.25) is 5.89 Å². The largest absolute Gasteiger partial charge is 0.497 e. The normalized spacial score (nSPS) is 16.3. The van der Waals surface area contributed by atoms with Crippen LogP contribution in [0.2, 0.25) is 0 Å². The van der Waals surface area contributed by atoms with Crippen molar-refractivity contribution in [1.82, 2.24) is 9.88 Å². The highest BCUT2D eigenvalue weighted by atomic mass is 16.5. The Hall–Kier alpha value is -3.35. The highest BCUT2D eigenvalue weighted by Gasteiger charge is 2.30. The number of carbonyl (C=O) groups is 2. The lowest BCUT2D eigenvalue weighted by atomic mass is 9.98. The van der Waals surface area contributed by atoms with Crippen molar-refractivity contribution in [3.8, 4) is 17.2 Å². The van der Waals surface area contributed by atoms with E-state index in [1.807, 2.05) is 24.3 Å². The van der Waals surface area contributed by atoms with E-state index >= 15 is 0 Å². The second kappa shape index (κ2) is 9.20. The van der Waals surface area contributed by atoms with E-state index in [9.17, 15) is 9.59 Å². The number of benzene rings is 2. The Labute approximate surface area is 181 Å². The summed E-state index contributed by atoms with van der Waals surface area (Å²) in [6.07, 6.45) is 2.95. The van der Waals surface area contributed by atoms with E-state index in [2.05, 4.69) is 4.98 Å². The molecule has 1 amide bonds. The number of carbonyl (C=O) groups excluding carboxylic acids is 2. The molecule has 4 rings (SSSR count). The predicted octanol–water partition coefficient (Wildman–Crippen LogP) is 4.45. The number of hydrogen-bond donors (Lipinski definition) is 0. The number of hydrogen-bond acceptors (Lipinski definition) is 6. The first-order chi connectivity index (χ1) is 15.1. The molecule has 1 aromatic heterocycles. The molecule has 0 aliphatic carbocycles.